The molecule has 1 fully saturated rings. The van der Waals surface area contributed by atoms with Gasteiger partial charge in [-0.15, -0.1) is 0 Å². The summed E-state index contributed by atoms with van der Waals surface area (Å²) < 4.78 is 19.9. The van der Waals surface area contributed by atoms with Gasteiger partial charge in [-0.2, -0.15) is 10.5 Å². The zero-order valence-electron chi connectivity index (χ0n) is 16.1. The number of nitrogens with zero attached hydrogens (tertiary/aromatic N) is 4. The maximum atomic E-state index is 14.6. The average Bonchev–Trinajstić information content (AvgIpc) is 2.71. The fourth-order valence-corrected chi connectivity index (χ4v) is 3.31. The Hall–Kier alpha value is -3.33. The molecule has 0 spiro atoms. The Kier molecular flexibility index (Phi) is 5.88. The van der Waals surface area contributed by atoms with E-state index in [9.17, 15) is 14.4 Å². The van der Waals surface area contributed by atoms with E-state index < -0.39 is 17.5 Å². The Morgan fingerprint density at radius 1 is 1.34 bits per heavy atom. The van der Waals surface area contributed by atoms with Crippen molar-refractivity contribution in [3.05, 3.63) is 53.6 Å². The lowest BCUT2D eigenvalue weighted by Crippen LogP contribution is -2.69. The van der Waals surface area contributed by atoms with E-state index in [1.807, 2.05) is 24.1 Å². The Morgan fingerprint density at radius 3 is 2.55 bits per heavy atom. The van der Waals surface area contributed by atoms with Crippen LogP contribution in [0.4, 0.5) is 4.39 Å². The van der Waals surface area contributed by atoms with Crippen molar-refractivity contribution in [2.75, 3.05) is 27.2 Å². The number of hydrogen-bond donors (Lipinski definition) is 1. The highest BCUT2D eigenvalue weighted by Crippen LogP contribution is 2.24. The number of pyridine rings is 1. The van der Waals surface area contributed by atoms with Crippen LogP contribution in [0.1, 0.15) is 11.3 Å². The van der Waals surface area contributed by atoms with E-state index in [4.69, 9.17) is 10.00 Å². The topological polar surface area (TPSA) is 102 Å². The molecule has 1 aromatic carbocycles. The molecule has 1 aliphatic heterocycles. The van der Waals surface area contributed by atoms with E-state index in [-0.39, 0.29) is 18.0 Å². The number of likely N-dealkylation sites (tertiary alicyclic amines) is 1. The van der Waals surface area contributed by atoms with Crippen LogP contribution in [0, 0.1) is 28.5 Å². The van der Waals surface area contributed by atoms with Crippen molar-refractivity contribution in [2.45, 2.75) is 18.1 Å². The second kappa shape index (κ2) is 8.36. The van der Waals surface area contributed by atoms with Gasteiger partial charge in [0, 0.05) is 38.4 Å². The molecule has 8 heteroatoms. The van der Waals surface area contributed by atoms with Gasteiger partial charge < -0.3 is 10.1 Å². The van der Waals surface area contributed by atoms with Crippen LogP contribution < -0.4 is 5.32 Å². The summed E-state index contributed by atoms with van der Waals surface area (Å²) in [6.45, 7) is 0.860. The van der Waals surface area contributed by atoms with Crippen LogP contribution >= 0.6 is 0 Å². The lowest BCUT2D eigenvalue weighted by Gasteiger charge is -2.45. The fourth-order valence-electron chi connectivity index (χ4n) is 3.31. The molecule has 0 bridgehead atoms. The van der Waals surface area contributed by atoms with Crippen molar-refractivity contribution < 1.29 is 13.9 Å². The molecule has 1 saturated heterocycles. The zero-order chi connectivity index (χ0) is 21.0. The number of aromatic nitrogens is 1. The molecule has 1 aliphatic rings. The molecule has 1 N–H and O–H groups in total. The third kappa shape index (κ3) is 4.24. The maximum absolute atomic E-state index is 14.6. The van der Waals surface area contributed by atoms with Gasteiger partial charge >= 0.3 is 0 Å². The molecular formula is C21H20FN5O2. The summed E-state index contributed by atoms with van der Waals surface area (Å²) in [5, 5.41) is 20.9. The van der Waals surface area contributed by atoms with Crippen molar-refractivity contribution in [2.24, 2.45) is 0 Å². The van der Waals surface area contributed by atoms with Gasteiger partial charge in [0.1, 0.15) is 11.9 Å². The van der Waals surface area contributed by atoms with Gasteiger partial charge in [-0.25, -0.2) is 4.39 Å². The Balaban J connectivity index is 1.70. The van der Waals surface area contributed by atoms with Crippen LogP contribution in [0.15, 0.2) is 36.5 Å². The first-order chi connectivity index (χ1) is 13.9. The normalized spacial score (nSPS) is 16.2. The molecule has 1 atom stereocenters. The number of nitriles is 2. The average molecular weight is 393 g/mol. The highest BCUT2D eigenvalue weighted by Gasteiger charge is 2.48. The number of halogens is 1. The predicted molar refractivity (Wildman–Crippen MR) is 103 cm³/mol. The summed E-state index contributed by atoms with van der Waals surface area (Å²) in [5.74, 6) is -0.953. The summed E-state index contributed by atoms with van der Waals surface area (Å²) in [6, 6.07) is 11.1. The monoisotopic (exact) mass is 393 g/mol. The Bertz CT molecular complexity index is 988. The van der Waals surface area contributed by atoms with Crippen molar-refractivity contribution in [3.63, 3.8) is 0 Å². The Morgan fingerprint density at radius 2 is 2.03 bits per heavy atom. The molecular weight excluding hydrogens is 373 g/mol. The minimum absolute atomic E-state index is 0.0582. The Labute approximate surface area is 168 Å². The quantitative estimate of drug-likeness (QED) is 0.801. The fraction of sp³-hybridized carbons (Fsp3) is 0.333. The van der Waals surface area contributed by atoms with Crippen LogP contribution in [0.3, 0.4) is 0 Å². The van der Waals surface area contributed by atoms with E-state index in [2.05, 4.69) is 10.3 Å². The molecule has 2 heterocycles. The highest BCUT2D eigenvalue weighted by molar-refractivity contribution is 5.87. The second-order valence-corrected chi connectivity index (χ2v) is 7.07. The number of nitrogens with one attached hydrogen (secondary N) is 1. The van der Waals surface area contributed by atoms with Crippen LogP contribution in [0.5, 0.6) is 0 Å². The minimum atomic E-state index is -0.977. The first-order valence-electron chi connectivity index (χ1n) is 9.00. The van der Waals surface area contributed by atoms with Gasteiger partial charge in [0.2, 0.25) is 0 Å². The number of carbonyl (C=O) groups is 1. The van der Waals surface area contributed by atoms with Crippen molar-refractivity contribution in [1.29, 1.82) is 10.5 Å². The summed E-state index contributed by atoms with van der Waals surface area (Å²) in [6.07, 6.45) is 1.45. The molecule has 1 unspecified atom stereocenters. The molecule has 1 aromatic heterocycles. The number of rotatable bonds is 6. The van der Waals surface area contributed by atoms with Crippen LogP contribution in [-0.4, -0.2) is 54.7 Å². The third-order valence-electron chi connectivity index (χ3n) is 4.98. The SMILES string of the molecule is COC1(C(=O)NC(C#N)Cc2ncc(-c3ccc(C#N)cc3)cc2F)CN(C)C1. The summed E-state index contributed by atoms with van der Waals surface area (Å²) in [7, 11) is 3.32. The molecule has 0 radical (unpaired) electrons. The van der Waals surface area contributed by atoms with Gasteiger partial charge in [-0.05, 0) is 30.8 Å². The van der Waals surface area contributed by atoms with Crippen molar-refractivity contribution in [1.82, 2.24) is 15.2 Å². The van der Waals surface area contributed by atoms with E-state index in [1.165, 1.54) is 19.4 Å². The van der Waals surface area contributed by atoms with Gasteiger partial charge in [-0.1, -0.05) is 12.1 Å². The molecule has 1 amide bonds. The van der Waals surface area contributed by atoms with E-state index >= 15 is 0 Å². The number of methoxy groups -OCH3 is 1. The largest absolute Gasteiger partial charge is 0.366 e. The van der Waals surface area contributed by atoms with Crippen molar-refractivity contribution in [3.8, 4) is 23.3 Å². The first-order valence-corrected chi connectivity index (χ1v) is 9.00. The molecule has 148 valence electrons. The van der Waals surface area contributed by atoms with Crippen molar-refractivity contribution >= 4 is 5.91 Å². The smallest absolute Gasteiger partial charge is 0.255 e. The summed E-state index contributed by atoms with van der Waals surface area (Å²) in [4.78, 5) is 18.6. The van der Waals surface area contributed by atoms with E-state index in [1.54, 1.807) is 24.3 Å². The number of ether oxygens (including phenoxy) is 1. The van der Waals surface area contributed by atoms with Crippen LogP contribution in [-0.2, 0) is 16.0 Å². The lowest BCUT2D eigenvalue weighted by atomic mass is 9.93. The van der Waals surface area contributed by atoms with Gasteiger partial charge in [0.05, 0.1) is 23.4 Å². The predicted octanol–water partition coefficient (Wildman–Crippen LogP) is 1.64. The van der Waals surface area contributed by atoms with Gasteiger partial charge in [0.25, 0.3) is 5.91 Å². The number of benzene rings is 1. The molecule has 29 heavy (non-hydrogen) atoms. The van der Waals surface area contributed by atoms with E-state index in [0.717, 1.165) is 5.56 Å². The van der Waals surface area contributed by atoms with Crippen LogP contribution in [0.25, 0.3) is 11.1 Å². The molecule has 0 aliphatic carbocycles. The maximum Gasteiger partial charge on any atom is 0.255 e. The molecule has 3 rings (SSSR count). The highest BCUT2D eigenvalue weighted by atomic mass is 19.1. The lowest BCUT2D eigenvalue weighted by molar-refractivity contribution is -0.164. The minimum Gasteiger partial charge on any atom is -0.366 e. The standard InChI is InChI=1S/C21H20FN5O2/c1-27-12-21(13-27,29-2)20(28)26-17(10-24)8-19-18(22)7-16(11-25-19)15-5-3-14(9-23)4-6-15/h3-7,11,17H,8,12-13H2,1-2H3,(H,26,28). The number of hydrogen-bond acceptors (Lipinski definition) is 6. The third-order valence-corrected chi connectivity index (χ3v) is 4.98. The number of carbonyl (C=O) groups excluding carboxylic acids is 1. The first kappa shape index (κ1) is 20.4. The number of amides is 1. The molecule has 0 saturated carbocycles. The zero-order valence-corrected chi connectivity index (χ0v) is 16.1. The van der Waals surface area contributed by atoms with Gasteiger partial charge in [0.15, 0.2) is 5.60 Å². The summed E-state index contributed by atoms with van der Waals surface area (Å²) in [5.41, 5.74) is 0.909. The van der Waals surface area contributed by atoms with E-state index in [0.29, 0.717) is 24.2 Å². The second-order valence-electron chi connectivity index (χ2n) is 7.07. The van der Waals surface area contributed by atoms with Crippen LogP contribution in [0.2, 0.25) is 0 Å². The molecule has 2 aromatic rings. The molecule has 7 nitrogen and oxygen atoms in total. The van der Waals surface area contributed by atoms with Gasteiger partial charge in [-0.3, -0.25) is 14.7 Å². The number of likely N-dealkylation sites (N-methyl/N-ethyl adjacent to an activating group) is 1. The summed E-state index contributed by atoms with van der Waals surface area (Å²) >= 11 is 0.